The standard InChI is InChI=1S/C28H46O2/c1-18(2)8-7-9-19(3)24-10-11-25-23-17-21-16-22(30-20(4)29)12-14-27(21,5)26(23)13-15-28(24,25)6/h17-19,22-26H,7-16H2,1-6H3/t19-,22-,23+,24-,25-,26+,27-,28+/m0/s1. The summed E-state index contributed by atoms with van der Waals surface area (Å²) in [6.07, 6.45) is 16.0. The van der Waals surface area contributed by atoms with Gasteiger partial charge in [0, 0.05) is 13.3 Å². The van der Waals surface area contributed by atoms with Crippen LogP contribution in [0.15, 0.2) is 11.6 Å². The highest BCUT2D eigenvalue weighted by atomic mass is 16.5. The quantitative estimate of drug-likeness (QED) is 0.331. The lowest BCUT2D eigenvalue weighted by molar-refractivity contribution is -0.148. The average Bonchev–Trinajstić information content (AvgIpc) is 3.15. The predicted molar refractivity (Wildman–Crippen MR) is 124 cm³/mol. The van der Waals surface area contributed by atoms with Crippen LogP contribution in [0.4, 0.5) is 0 Å². The van der Waals surface area contributed by atoms with Crippen LogP contribution < -0.4 is 0 Å². The largest absolute Gasteiger partial charge is 0.462 e. The van der Waals surface area contributed by atoms with Crippen molar-refractivity contribution in [3.8, 4) is 0 Å². The number of hydrogen-bond acceptors (Lipinski definition) is 2. The first-order chi connectivity index (χ1) is 14.1. The number of carbonyl (C=O) groups excluding carboxylic acids is 1. The fourth-order valence-corrected chi connectivity index (χ4v) is 8.65. The van der Waals surface area contributed by atoms with Crippen LogP contribution in [0, 0.1) is 46.3 Å². The van der Waals surface area contributed by atoms with Crippen molar-refractivity contribution in [2.75, 3.05) is 0 Å². The Morgan fingerprint density at radius 3 is 2.53 bits per heavy atom. The fourth-order valence-electron chi connectivity index (χ4n) is 8.65. The van der Waals surface area contributed by atoms with Crippen molar-refractivity contribution >= 4 is 5.97 Å². The number of allylic oxidation sites excluding steroid dienone is 1. The van der Waals surface area contributed by atoms with Gasteiger partial charge in [0.2, 0.25) is 0 Å². The second kappa shape index (κ2) is 8.28. The minimum absolute atomic E-state index is 0.114. The summed E-state index contributed by atoms with van der Waals surface area (Å²) in [6.45, 7) is 14.0. The van der Waals surface area contributed by atoms with Gasteiger partial charge in [0.1, 0.15) is 6.10 Å². The normalized spacial score (nSPS) is 43.6. The van der Waals surface area contributed by atoms with Crippen LogP contribution in [0.5, 0.6) is 0 Å². The zero-order valence-electron chi connectivity index (χ0n) is 20.5. The number of ether oxygens (including phenoxy) is 1. The maximum atomic E-state index is 11.5. The molecule has 0 bridgehead atoms. The van der Waals surface area contributed by atoms with Gasteiger partial charge >= 0.3 is 5.97 Å². The van der Waals surface area contributed by atoms with E-state index in [1.807, 2.05) is 0 Å². The first-order valence-corrected chi connectivity index (χ1v) is 13.0. The lowest BCUT2D eigenvalue weighted by Crippen LogP contribution is -2.45. The molecule has 8 atom stereocenters. The van der Waals surface area contributed by atoms with Gasteiger partial charge in [0.25, 0.3) is 0 Å². The number of hydrogen-bond donors (Lipinski definition) is 0. The molecule has 4 rings (SSSR count). The fraction of sp³-hybridized carbons (Fsp3) is 0.893. The molecule has 0 heterocycles. The average molecular weight is 415 g/mol. The second-order valence-electron chi connectivity index (χ2n) is 12.4. The molecular weight excluding hydrogens is 368 g/mol. The molecule has 4 aliphatic rings. The molecule has 170 valence electrons. The van der Waals surface area contributed by atoms with E-state index in [4.69, 9.17) is 4.74 Å². The van der Waals surface area contributed by atoms with Crippen LogP contribution in [0.1, 0.15) is 106 Å². The molecule has 0 amide bonds. The first kappa shape index (κ1) is 22.4. The van der Waals surface area contributed by atoms with E-state index in [1.165, 1.54) is 51.4 Å². The molecule has 0 radical (unpaired) electrons. The minimum Gasteiger partial charge on any atom is -0.462 e. The Bertz CT molecular complexity index is 678. The van der Waals surface area contributed by atoms with Gasteiger partial charge in [-0.05, 0) is 84.9 Å². The third-order valence-corrected chi connectivity index (χ3v) is 10.2. The monoisotopic (exact) mass is 414 g/mol. The molecule has 0 aromatic carbocycles. The predicted octanol–water partition coefficient (Wildman–Crippen LogP) is 7.57. The molecule has 0 aromatic rings. The maximum Gasteiger partial charge on any atom is 0.302 e. The summed E-state index contributed by atoms with van der Waals surface area (Å²) < 4.78 is 5.63. The SMILES string of the molecule is CC(=O)O[C@H]1CC[C@@]2(C)C(=C[C@H]3[C@H]2CC[C@@]2(C)[C@H]3CC[C@H]2[C@@H](C)CCCC(C)C)C1. The first-order valence-electron chi connectivity index (χ1n) is 13.0. The molecule has 0 aliphatic heterocycles. The molecule has 0 saturated heterocycles. The lowest BCUT2D eigenvalue weighted by Gasteiger charge is -2.52. The van der Waals surface area contributed by atoms with Crippen molar-refractivity contribution in [1.29, 1.82) is 0 Å². The van der Waals surface area contributed by atoms with Crippen LogP contribution in [-0.4, -0.2) is 12.1 Å². The second-order valence-corrected chi connectivity index (χ2v) is 12.4. The van der Waals surface area contributed by atoms with Crippen molar-refractivity contribution in [3.05, 3.63) is 11.6 Å². The van der Waals surface area contributed by atoms with E-state index in [0.29, 0.717) is 10.8 Å². The molecule has 3 fully saturated rings. The van der Waals surface area contributed by atoms with Gasteiger partial charge in [-0.1, -0.05) is 65.5 Å². The van der Waals surface area contributed by atoms with Gasteiger partial charge < -0.3 is 4.74 Å². The van der Waals surface area contributed by atoms with Crippen LogP contribution in [0.2, 0.25) is 0 Å². The molecule has 2 heteroatoms. The summed E-state index contributed by atoms with van der Waals surface area (Å²) in [5.74, 6) is 4.98. The third kappa shape index (κ3) is 3.79. The Morgan fingerprint density at radius 1 is 1.07 bits per heavy atom. The molecule has 0 spiro atoms. The van der Waals surface area contributed by atoms with Gasteiger partial charge in [-0.2, -0.15) is 0 Å². The molecule has 30 heavy (non-hydrogen) atoms. The summed E-state index contributed by atoms with van der Waals surface area (Å²) in [7, 11) is 0. The molecule has 0 unspecified atom stereocenters. The number of carbonyl (C=O) groups is 1. The van der Waals surface area contributed by atoms with Crippen LogP contribution in [0.3, 0.4) is 0 Å². The van der Waals surface area contributed by atoms with Crippen molar-refractivity contribution in [2.45, 2.75) is 112 Å². The molecule has 0 aromatic heterocycles. The summed E-state index contributed by atoms with van der Waals surface area (Å²) in [6, 6.07) is 0. The van der Waals surface area contributed by atoms with E-state index < -0.39 is 0 Å². The molecule has 4 aliphatic carbocycles. The molecule has 3 saturated carbocycles. The highest BCUT2D eigenvalue weighted by Gasteiger charge is 2.60. The summed E-state index contributed by atoms with van der Waals surface area (Å²) in [4.78, 5) is 11.5. The Kier molecular flexibility index (Phi) is 6.19. The van der Waals surface area contributed by atoms with Gasteiger partial charge in [0.15, 0.2) is 0 Å². The van der Waals surface area contributed by atoms with Gasteiger partial charge in [-0.3, -0.25) is 4.79 Å². The van der Waals surface area contributed by atoms with Crippen LogP contribution in [0.25, 0.3) is 0 Å². The van der Waals surface area contributed by atoms with Crippen molar-refractivity contribution in [3.63, 3.8) is 0 Å². The van der Waals surface area contributed by atoms with Gasteiger partial charge in [0.05, 0.1) is 0 Å². The maximum absolute atomic E-state index is 11.5. The van der Waals surface area contributed by atoms with E-state index in [9.17, 15) is 4.79 Å². The summed E-state index contributed by atoms with van der Waals surface area (Å²) >= 11 is 0. The Morgan fingerprint density at radius 2 is 1.83 bits per heavy atom. The number of esters is 1. The van der Waals surface area contributed by atoms with Gasteiger partial charge in [-0.25, -0.2) is 0 Å². The van der Waals surface area contributed by atoms with E-state index in [2.05, 4.69) is 40.7 Å². The highest BCUT2D eigenvalue weighted by Crippen LogP contribution is 2.68. The van der Waals surface area contributed by atoms with E-state index >= 15 is 0 Å². The lowest BCUT2D eigenvalue weighted by atomic mass is 9.53. The zero-order chi connectivity index (χ0) is 21.7. The van der Waals surface area contributed by atoms with E-state index in [-0.39, 0.29) is 12.1 Å². The van der Waals surface area contributed by atoms with Crippen LogP contribution >= 0.6 is 0 Å². The zero-order valence-corrected chi connectivity index (χ0v) is 20.5. The Labute approximate surface area is 185 Å². The van der Waals surface area contributed by atoms with Crippen molar-refractivity contribution in [2.24, 2.45) is 46.3 Å². The van der Waals surface area contributed by atoms with Crippen molar-refractivity contribution in [1.82, 2.24) is 0 Å². The number of rotatable bonds is 6. The van der Waals surface area contributed by atoms with Gasteiger partial charge in [-0.15, -0.1) is 0 Å². The summed E-state index contributed by atoms with van der Waals surface area (Å²) in [5, 5.41) is 0. The molecule has 2 nitrogen and oxygen atoms in total. The van der Waals surface area contributed by atoms with E-state index in [1.54, 1.807) is 12.5 Å². The number of fused-ring (bicyclic) bond motifs is 5. The topological polar surface area (TPSA) is 26.3 Å². The smallest absolute Gasteiger partial charge is 0.302 e. The minimum atomic E-state index is -0.114. The molecule has 0 N–H and O–H groups in total. The molecular formula is C28H46O2. The Balaban J connectivity index is 1.48. The highest BCUT2D eigenvalue weighted by molar-refractivity contribution is 5.66. The Hall–Kier alpha value is -0.790. The van der Waals surface area contributed by atoms with Crippen molar-refractivity contribution < 1.29 is 9.53 Å². The summed E-state index contributed by atoms with van der Waals surface area (Å²) in [5.41, 5.74) is 2.53. The van der Waals surface area contributed by atoms with Crippen LogP contribution in [-0.2, 0) is 9.53 Å². The van der Waals surface area contributed by atoms with E-state index in [0.717, 1.165) is 48.3 Å². The third-order valence-electron chi connectivity index (χ3n) is 10.2.